The molecular weight excluding hydrogens is 492 g/mol. The Morgan fingerprint density at radius 3 is 2.21 bits per heavy atom. The summed E-state index contributed by atoms with van der Waals surface area (Å²) in [6.45, 7) is 3.81. The second kappa shape index (κ2) is 11.8. The Bertz CT molecular complexity index is 1420. The molecule has 1 atom stereocenters. The zero-order chi connectivity index (χ0) is 27.4. The van der Waals surface area contributed by atoms with Crippen LogP contribution in [0.1, 0.15) is 5.56 Å². The first-order chi connectivity index (χ1) is 19.0. The Labute approximate surface area is 229 Å². The molecule has 1 saturated heterocycles. The highest BCUT2D eigenvalue weighted by molar-refractivity contribution is 5.92. The van der Waals surface area contributed by atoms with E-state index in [4.69, 9.17) is 24.2 Å². The van der Waals surface area contributed by atoms with Gasteiger partial charge in [-0.15, -0.1) is 0 Å². The summed E-state index contributed by atoms with van der Waals surface area (Å²) in [6, 6.07) is 18.1. The maximum Gasteiger partial charge on any atom is 0.203 e. The van der Waals surface area contributed by atoms with Crippen LogP contribution in [-0.2, 0) is 11.2 Å². The van der Waals surface area contributed by atoms with Gasteiger partial charge in [0.2, 0.25) is 5.75 Å². The largest absolute Gasteiger partial charge is 0.493 e. The van der Waals surface area contributed by atoms with Gasteiger partial charge in [-0.3, -0.25) is 9.88 Å². The lowest BCUT2D eigenvalue weighted by molar-refractivity contribution is -0.113. The van der Waals surface area contributed by atoms with Gasteiger partial charge in [-0.05, 0) is 42.8 Å². The monoisotopic (exact) mass is 526 g/mol. The lowest BCUT2D eigenvalue weighted by Crippen LogP contribution is -2.50. The van der Waals surface area contributed by atoms with Crippen molar-refractivity contribution < 1.29 is 19.0 Å². The second-order valence-electron chi connectivity index (χ2n) is 9.79. The molecule has 0 radical (unpaired) electrons. The number of carbonyl (C=O) groups is 1. The number of carbonyl (C=O) groups excluding carboxylic acids is 1. The molecule has 1 unspecified atom stereocenters. The highest BCUT2D eigenvalue weighted by Crippen LogP contribution is 2.41. The number of fused-ring (bicyclic) bond motifs is 1. The number of nitrogens with zero attached hydrogens (tertiary/aromatic N) is 4. The topological polar surface area (TPSA) is 77.0 Å². The van der Waals surface area contributed by atoms with E-state index in [1.807, 2.05) is 24.3 Å². The van der Waals surface area contributed by atoms with E-state index in [0.29, 0.717) is 29.4 Å². The highest BCUT2D eigenvalue weighted by Gasteiger charge is 2.22. The molecule has 1 aromatic heterocycles. The molecule has 0 saturated carbocycles. The Hall–Kier alpha value is -4.01. The minimum Gasteiger partial charge on any atom is -0.493 e. The predicted molar refractivity (Wildman–Crippen MR) is 153 cm³/mol. The van der Waals surface area contributed by atoms with Gasteiger partial charge in [0, 0.05) is 37.3 Å². The third kappa shape index (κ3) is 5.57. The number of para-hydroxylation sites is 1. The fraction of sp³-hybridized carbons (Fsp3) is 0.323. The van der Waals surface area contributed by atoms with Crippen LogP contribution in [0.4, 0.5) is 0 Å². The van der Waals surface area contributed by atoms with Gasteiger partial charge < -0.3 is 23.9 Å². The van der Waals surface area contributed by atoms with Gasteiger partial charge in [-0.25, -0.2) is 4.98 Å². The van der Waals surface area contributed by atoms with Crippen LogP contribution in [0.5, 0.6) is 17.2 Å². The lowest BCUT2D eigenvalue weighted by Gasteiger charge is -2.35. The van der Waals surface area contributed by atoms with Crippen LogP contribution in [-0.4, -0.2) is 86.7 Å². The third-order valence-electron chi connectivity index (χ3n) is 7.41. The van der Waals surface area contributed by atoms with E-state index < -0.39 is 0 Å². The van der Waals surface area contributed by atoms with E-state index in [1.54, 1.807) is 27.5 Å². The molecule has 0 N–H and O–H groups in total. The molecular formula is C31H34N4O4. The molecule has 0 bridgehead atoms. The summed E-state index contributed by atoms with van der Waals surface area (Å²) in [7, 11) is 6.89. The summed E-state index contributed by atoms with van der Waals surface area (Å²) < 4.78 is 16.5. The van der Waals surface area contributed by atoms with Crippen molar-refractivity contribution in [2.24, 2.45) is 0 Å². The van der Waals surface area contributed by atoms with E-state index in [1.165, 1.54) is 0 Å². The number of likely N-dealkylation sites (N-methyl/N-ethyl adjacent to an activating group) is 1. The van der Waals surface area contributed by atoms with Crippen LogP contribution >= 0.6 is 0 Å². The van der Waals surface area contributed by atoms with Crippen LogP contribution < -0.4 is 14.2 Å². The van der Waals surface area contributed by atoms with Gasteiger partial charge in [0.25, 0.3) is 0 Å². The van der Waals surface area contributed by atoms with E-state index >= 15 is 0 Å². The molecule has 39 heavy (non-hydrogen) atoms. The molecule has 0 amide bonds. The molecule has 5 rings (SSSR count). The van der Waals surface area contributed by atoms with Crippen LogP contribution in [0.2, 0.25) is 0 Å². The molecule has 1 fully saturated rings. The lowest BCUT2D eigenvalue weighted by atomic mass is 9.99. The molecule has 1 aliphatic heterocycles. The first-order valence-electron chi connectivity index (χ1n) is 13.1. The number of hydrogen-bond donors (Lipinski definition) is 0. The van der Waals surface area contributed by atoms with Gasteiger partial charge in [0.05, 0.1) is 50.3 Å². The summed E-state index contributed by atoms with van der Waals surface area (Å²) in [5.74, 6) is 1.65. The van der Waals surface area contributed by atoms with Crippen molar-refractivity contribution in [1.29, 1.82) is 0 Å². The molecule has 2 heterocycles. The zero-order valence-electron chi connectivity index (χ0n) is 22.9. The molecule has 3 aromatic carbocycles. The standard InChI is InChI=1S/C31H34N4O4/c1-34-12-14-35(15-13-34)24(20-36)16-21-8-10-22(11-9-21)25-6-5-7-26-30(25)33-27(19-32-26)23-17-28(37-2)31(39-4)29(18-23)38-3/h5-11,17-20,24H,12-16H2,1-4H3. The molecule has 0 aliphatic carbocycles. The van der Waals surface area contributed by atoms with E-state index in [9.17, 15) is 4.79 Å². The number of benzene rings is 3. The van der Waals surface area contributed by atoms with Crippen molar-refractivity contribution in [3.8, 4) is 39.6 Å². The number of rotatable bonds is 9. The highest BCUT2D eigenvalue weighted by atomic mass is 16.5. The summed E-state index contributed by atoms with van der Waals surface area (Å²) in [6.07, 6.45) is 3.55. The summed E-state index contributed by atoms with van der Waals surface area (Å²) >= 11 is 0. The normalized spacial score (nSPS) is 15.2. The number of ether oxygens (including phenoxy) is 3. The van der Waals surface area contributed by atoms with Gasteiger partial charge in [-0.2, -0.15) is 0 Å². The van der Waals surface area contributed by atoms with Crippen LogP contribution in [0.15, 0.2) is 60.8 Å². The predicted octanol–water partition coefficient (Wildman–Crippen LogP) is 4.35. The van der Waals surface area contributed by atoms with Gasteiger partial charge in [0.15, 0.2) is 11.5 Å². The third-order valence-corrected chi connectivity index (χ3v) is 7.41. The molecule has 4 aromatic rings. The first kappa shape index (κ1) is 26.6. The Morgan fingerprint density at radius 2 is 1.59 bits per heavy atom. The number of aromatic nitrogens is 2. The number of hydrogen-bond acceptors (Lipinski definition) is 8. The maximum atomic E-state index is 11.9. The molecule has 202 valence electrons. The molecule has 1 aliphatic rings. The average molecular weight is 527 g/mol. The number of piperazine rings is 1. The zero-order valence-corrected chi connectivity index (χ0v) is 22.9. The van der Waals surface area contributed by atoms with Crippen LogP contribution in [0.25, 0.3) is 33.4 Å². The number of aldehydes is 1. The maximum absolute atomic E-state index is 11.9. The van der Waals surface area contributed by atoms with Gasteiger partial charge in [-0.1, -0.05) is 36.4 Å². The SMILES string of the molecule is COc1cc(-c2cnc3cccc(-c4ccc(CC(C=O)N5CCN(C)CC5)cc4)c3n2)cc(OC)c1OC. The van der Waals surface area contributed by atoms with Crippen molar-refractivity contribution in [3.05, 3.63) is 66.4 Å². The Balaban J connectivity index is 1.45. The minimum absolute atomic E-state index is 0.103. The fourth-order valence-corrected chi connectivity index (χ4v) is 5.11. The van der Waals surface area contributed by atoms with Crippen LogP contribution in [0.3, 0.4) is 0 Å². The van der Waals surface area contributed by atoms with Crippen molar-refractivity contribution in [2.45, 2.75) is 12.5 Å². The molecule has 8 heteroatoms. The van der Waals surface area contributed by atoms with E-state index in [-0.39, 0.29) is 6.04 Å². The Morgan fingerprint density at radius 1 is 0.897 bits per heavy atom. The van der Waals surface area contributed by atoms with E-state index in [2.05, 4.69) is 47.2 Å². The molecule has 0 spiro atoms. The summed E-state index contributed by atoms with van der Waals surface area (Å²) in [5.41, 5.74) is 6.30. The first-order valence-corrected chi connectivity index (χ1v) is 13.1. The van der Waals surface area contributed by atoms with Crippen LogP contribution in [0, 0.1) is 0 Å². The van der Waals surface area contributed by atoms with Gasteiger partial charge in [0.1, 0.15) is 6.29 Å². The van der Waals surface area contributed by atoms with Crippen molar-refractivity contribution in [2.75, 3.05) is 54.6 Å². The van der Waals surface area contributed by atoms with Crippen molar-refractivity contribution in [1.82, 2.24) is 19.8 Å². The van der Waals surface area contributed by atoms with Crippen molar-refractivity contribution >= 4 is 17.3 Å². The van der Waals surface area contributed by atoms with E-state index in [0.717, 1.165) is 65.8 Å². The minimum atomic E-state index is -0.103. The summed E-state index contributed by atoms with van der Waals surface area (Å²) in [4.78, 5) is 26.2. The van der Waals surface area contributed by atoms with Gasteiger partial charge >= 0.3 is 0 Å². The quantitative estimate of drug-likeness (QED) is 0.298. The fourth-order valence-electron chi connectivity index (χ4n) is 5.11. The Kier molecular flexibility index (Phi) is 8.05. The number of methoxy groups -OCH3 is 3. The average Bonchev–Trinajstić information content (AvgIpc) is 2.99. The second-order valence-corrected chi connectivity index (χ2v) is 9.79. The van der Waals surface area contributed by atoms with Crippen molar-refractivity contribution in [3.63, 3.8) is 0 Å². The molecule has 8 nitrogen and oxygen atoms in total. The summed E-state index contributed by atoms with van der Waals surface area (Å²) in [5, 5.41) is 0. The smallest absolute Gasteiger partial charge is 0.203 e.